The Balaban J connectivity index is 2.20. The van der Waals surface area contributed by atoms with Crippen LogP contribution in [-0.4, -0.2) is 28.7 Å². The molecule has 7 heteroatoms. The monoisotopic (exact) mass is 381 g/mol. The molecule has 0 N–H and O–H groups in total. The summed E-state index contributed by atoms with van der Waals surface area (Å²) < 4.78 is 19.7. The summed E-state index contributed by atoms with van der Waals surface area (Å²) in [6.07, 6.45) is 2.47. The fourth-order valence-electron chi connectivity index (χ4n) is 1.78. The van der Waals surface area contributed by atoms with Gasteiger partial charge in [0.05, 0.1) is 0 Å². The maximum atomic E-state index is 13.9. The summed E-state index contributed by atoms with van der Waals surface area (Å²) in [6, 6.07) is 4.61. The summed E-state index contributed by atoms with van der Waals surface area (Å²) in [7, 11) is 1.56. The molecule has 1 amide bonds. The van der Waals surface area contributed by atoms with Crippen LogP contribution in [-0.2, 0) is 4.74 Å². The molecule has 23 heavy (non-hydrogen) atoms. The summed E-state index contributed by atoms with van der Waals surface area (Å²) in [4.78, 5) is 21.5. The lowest BCUT2D eigenvalue weighted by Gasteiger charge is -2.24. The van der Waals surface area contributed by atoms with Crippen LogP contribution >= 0.6 is 15.9 Å². The average molecular weight is 382 g/mol. The van der Waals surface area contributed by atoms with Crippen LogP contribution in [0.25, 0.3) is 11.3 Å². The van der Waals surface area contributed by atoms with Gasteiger partial charge in [-0.05, 0) is 54.9 Å². The third-order valence-electron chi connectivity index (χ3n) is 2.84. The van der Waals surface area contributed by atoms with Gasteiger partial charge in [-0.3, -0.25) is 9.88 Å². The van der Waals surface area contributed by atoms with Gasteiger partial charge in [0.1, 0.15) is 17.1 Å². The molecule has 0 saturated heterocycles. The predicted octanol–water partition coefficient (Wildman–Crippen LogP) is 4.42. The van der Waals surface area contributed by atoms with E-state index in [1.54, 1.807) is 40.0 Å². The fourth-order valence-corrected chi connectivity index (χ4v) is 2.08. The smallest absolute Gasteiger partial charge is 0.415 e. The number of nitrogens with zero attached hydrogens (tertiary/aromatic N) is 3. The molecule has 2 rings (SSSR count). The van der Waals surface area contributed by atoms with E-state index in [1.165, 1.54) is 23.4 Å². The highest BCUT2D eigenvalue weighted by atomic mass is 79.9. The van der Waals surface area contributed by atoms with Crippen LogP contribution < -0.4 is 4.90 Å². The Hall–Kier alpha value is -2.02. The van der Waals surface area contributed by atoms with E-state index in [-0.39, 0.29) is 5.69 Å². The van der Waals surface area contributed by atoms with Crippen molar-refractivity contribution in [1.29, 1.82) is 0 Å². The Kier molecular flexibility index (Phi) is 4.99. The van der Waals surface area contributed by atoms with Gasteiger partial charge in [-0.25, -0.2) is 14.2 Å². The van der Waals surface area contributed by atoms with Gasteiger partial charge in [0.25, 0.3) is 0 Å². The minimum Gasteiger partial charge on any atom is -0.443 e. The number of rotatable bonds is 2. The first kappa shape index (κ1) is 17.3. The van der Waals surface area contributed by atoms with E-state index in [0.717, 1.165) is 0 Å². The van der Waals surface area contributed by atoms with Gasteiger partial charge in [-0.15, -0.1) is 0 Å². The third kappa shape index (κ3) is 4.48. The molecule has 0 fully saturated rings. The quantitative estimate of drug-likeness (QED) is 0.772. The summed E-state index contributed by atoms with van der Waals surface area (Å²) in [6.45, 7) is 5.37. The van der Waals surface area contributed by atoms with E-state index < -0.39 is 17.5 Å². The zero-order chi connectivity index (χ0) is 17.2. The van der Waals surface area contributed by atoms with Crippen molar-refractivity contribution in [1.82, 2.24) is 9.97 Å². The highest BCUT2D eigenvalue weighted by molar-refractivity contribution is 9.10. The number of anilines is 1. The van der Waals surface area contributed by atoms with Crippen LogP contribution in [0.4, 0.5) is 15.0 Å². The number of ether oxygens (including phenoxy) is 1. The normalized spacial score (nSPS) is 11.2. The molecule has 0 aliphatic rings. The van der Waals surface area contributed by atoms with E-state index in [2.05, 4.69) is 25.9 Å². The topological polar surface area (TPSA) is 55.3 Å². The first-order valence-electron chi connectivity index (χ1n) is 6.91. The van der Waals surface area contributed by atoms with Crippen molar-refractivity contribution in [2.45, 2.75) is 26.4 Å². The van der Waals surface area contributed by atoms with Crippen LogP contribution in [0.1, 0.15) is 20.8 Å². The van der Waals surface area contributed by atoms with Gasteiger partial charge in [-0.2, -0.15) is 0 Å². The lowest BCUT2D eigenvalue weighted by molar-refractivity contribution is 0.0588. The van der Waals surface area contributed by atoms with Crippen molar-refractivity contribution < 1.29 is 13.9 Å². The molecule has 0 atom stereocenters. The Labute approximate surface area is 142 Å². The summed E-state index contributed by atoms with van der Waals surface area (Å²) in [5.74, 6) is -0.0464. The summed E-state index contributed by atoms with van der Waals surface area (Å²) in [5.41, 5.74) is 0.138. The van der Waals surface area contributed by atoms with Gasteiger partial charge in [-0.1, -0.05) is 0 Å². The largest absolute Gasteiger partial charge is 0.443 e. The zero-order valence-electron chi connectivity index (χ0n) is 13.3. The van der Waals surface area contributed by atoms with E-state index in [9.17, 15) is 9.18 Å². The van der Waals surface area contributed by atoms with Crippen molar-refractivity contribution >= 4 is 27.8 Å². The van der Waals surface area contributed by atoms with Crippen LogP contribution in [0.2, 0.25) is 0 Å². The van der Waals surface area contributed by atoms with Crippen LogP contribution in [0.5, 0.6) is 0 Å². The second-order valence-electron chi connectivity index (χ2n) is 5.93. The molecule has 0 spiro atoms. The standard InChI is InChI=1S/C16H17BrFN3O2/c1-16(2,3)23-15(22)21(4)13-6-5-10(8-19-13)14-12(18)7-11(17)9-20-14/h5-9H,1-4H3. The molecule has 0 aliphatic heterocycles. The number of hydrogen-bond donors (Lipinski definition) is 0. The van der Waals surface area contributed by atoms with E-state index in [4.69, 9.17) is 4.74 Å². The van der Waals surface area contributed by atoms with Crippen molar-refractivity contribution in [2.24, 2.45) is 0 Å². The Morgan fingerprint density at radius 1 is 1.26 bits per heavy atom. The minimum atomic E-state index is -0.588. The zero-order valence-corrected chi connectivity index (χ0v) is 14.9. The minimum absolute atomic E-state index is 0.201. The number of amides is 1. The third-order valence-corrected chi connectivity index (χ3v) is 3.27. The number of hydrogen-bond acceptors (Lipinski definition) is 4. The second-order valence-corrected chi connectivity index (χ2v) is 6.84. The number of carbonyl (C=O) groups excluding carboxylic acids is 1. The molecule has 0 radical (unpaired) electrons. The molecule has 0 aromatic carbocycles. The molecule has 2 aromatic rings. The first-order valence-corrected chi connectivity index (χ1v) is 7.71. The van der Waals surface area contributed by atoms with Gasteiger partial charge in [0.2, 0.25) is 0 Å². The Bertz CT molecular complexity index is 714. The van der Waals surface area contributed by atoms with E-state index in [1.807, 2.05) is 0 Å². The van der Waals surface area contributed by atoms with E-state index in [0.29, 0.717) is 15.9 Å². The SMILES string of the molecule is CN(C(=O)OC(C)(C)C)c1ccc(-c2ncc(Br)cc2F)cn1. The summed E-state index contributed by atoms with van der Waals surface area (Å²) in [5, 5.41) is 0. The maximum absolute atomic E-state index is 13.9. The number of aromatic nitrogens is 2. The predicted molar refractivity (Wildman–Crippen MR) is 89.8 cm³/mol. The number of carbonyl (C=O) groups is 1. The summed E-state index contributed by atoms with van der Waals surface area (Å²) >= 11 is 3.16. The Morgan fingerprint density at radius 3 is 2.48 bits per heavy atom. The molecule has 2 aromatic heterocycles. The number of pyridine rings is 2. The van der Waals surface area contributed by atoms with Gasteiger partial charge < -0.3 is 4.74 Å². The molecular weight excluding hydrogens is 365 g/mol. The molecule has 0 aliphatic carbocycles. The molecule has 0 unspecified atom stereocenters. The second kappa shape index (κ2) is 6.62. The highest BCUT2D eigenvalue weighted by Gasteiger charge is 2.21. The van der Waals surface area contributed by atoms with Crippen molar-refractivity contribution in [3.63, 3.8) is 0 Å². The van der Waals surface area contributed by atoms with Crippen molar-refractivity contribution in [2.75, 3.05) is 11.9 Å². The van der Waals surface area contributed by atoms with Gasteiger partial charge in [0, 0.05) is 29.5 Å². The van der Waals surface area contributed by atoms with E-state index >= 15 is 0 Å². The van der Waals surface area contributed by atoms with Crippen molar-refractivity contribution in [3.8, 4) is 11.3 Å². The molecule has 5 nitrogen and oxygen atoms in total. The van der Waals surface area contributed by atoms with Crippen LogP contribution in [0, 0.1) is 5.82 Å². The molecule has 2 heterocycles. The van der Waals surface area contributed by atoms with Crippen molar-refractivity contribution in [3.05, 3.63) is 40.9 Å². The molecule has 0 bridgehead atoms. The first-order chi connectivity index (χ1) is 10.7. The van der Waals surface area contributed by atoms with Gasteiger partial charge >= 0.3 is 6.09 Å². The molecular formula is C16H17BrFN3O2. The van der Waals surface area contributed by atoms with Crippen LogP contribution in [0.15, 0.2) is 35.1 Å². The lowest BCUT2D eigenvalue weighted by atomic mass is 10.2. The Morgan fingerprint density at radius 2 is 1.96 bits per heavy atom. The number of halogens is 2. The lowest BCUT2D eigenvalue weighted by Crippen LogP contribution is -2.34. The maximum Gasteiger partial charge on any atom is 0.415 e. The van der Waals surface area contributed by atoms with Crippen LogP contribution in [0.3, 0.4) is 0 Å². The highest BCUT2D eigenvalue weighted by Crippen LogP contribution is 2.24. The average Bonchev–Trinajstić information content (AvgIpc) is 2.45. The fraction of sp³-hybridized carbons (Fsp3) is 0.312. The molecule has 0 saturated carbocycles. The molecule has 122 valence electrons. The van der Waals surface area contributed by atoms with Gasteiger partial charge in [0.15, 0.2) is 5.82 Å².